The second-order valence-corrected chi connectivity index (χ2v) is 6.33. The van der Waals surface area contributed by atoms with Gasteiger partial charge in [-0.15, -0.1) is 0 Å². The number of aromatic nitrogens is 1. The Balaban J connectivity index is 1.91. The Hall–Kier alpha value is -2.09. The summed E-state index contributed by atoms with van der Waals surface area (Å²) in [7, 11) is 0. The van der Waals surface area contributed by atoms with E-state index >= 15 is 0 Å². The van der Waals surface area contributed by atoms with E-state index in [9.17, 15) is 4.79 Å². The number of carbonyl (C=O) groups is 1. The molecule has 0 bridgehead atoms. The predicted octanol–water partition coefficient (Wildman–Crippen LogP) is 3.07. The molecule has 21 heavy (non-hydrogen) atoms. The van der Waals surface area contributed by atoms with Crippen LogP contribution in [0.3, 0.4) is 0 Å². The lowest BCUT2D eigenvalue weighted by Crippen LogP contribution is -2.41. The third-order valence-corrected chi connectivity index (χ3v) is 3.52. The van der Waals surface area contributed by atoms with Crippen LogP contribution in [0.2, 0.25) is 0 Å². The van der Waals surface area contributed by atoms with E-state index in [-0.39, 0.29) is 6.09 Å². The van der Waals surface area contributed by atoms with Crippen molar-refractivity contribution in [3.05, 3.63) is 29.6 Å². The minimum absolute atomic E-state index is 0.237. The number of piperidine rings is 1. The molecule has 2 rings (SSSR count). The van der Waals surface area contributed by atoms with Crippen molar-refractivity contribution in [3.8, 4) is 6.07 Å². The van der Waals surface area contributed by atoms with Crippen LogP contribution >= 0.6 is 0 Å². The molecule has 0 saturated carbocycles. The Morgan fingerprint density at radius 1 is 1.38 bits per heavy atom. The van der Waals surface area contributed by atoms with Crippen molar-refractivity contribution in [2.75, 3.05) is 13.1 Å². The van der Waals surface area contributed by atoms with Crippen molar-refractivity contribution in [3.63, 3.8) is 0 Å². The van der Waals surface area contributed by atoms with E-state index in [4.69, 9.17) is 10.00 Å². The smallest absolute Gasteiger partial charge is 0.410 e. The zero-order valence-electron chi connectivity index (χ0n) is 12.8. The van der Waals surface area contributed by atoms with Crippen LogP contribution in [0.25, 0.3) is 0 Å². The largest absolute Gasteiger partial charge is 0.444 e. The van der Waals surface area contributed by atoms with Crippen LogP contribution < -0.4 is 0 Å². The normalized spacial score (nSPS) is 16.4. The number of amides is 1. The minimum Gasteiger partial charge on any atom is -0.444 e. The van der Waals surface area contributed by atoms with Gasteiger partial charge in [-0.3, -0.25) is 0 Å². The highest BCUT2D eigenvalue weighted by molar-refractivity contribution is 5.68. The molecule has 0 unspecified atom stereocenters. The Bertz CT molecular complexity index is 532. The summed E-state index contributed by atoms with van der Waals surface area (Å²) in [5.41, 5.74) is 1.12. The first-order valence-corrected chi connectivity index (χ1v) is 7.23. The van der Waals surface area contributed by atoms with Gasteiger partial charge in [-0.25, -0.2) is 9.78 Å². The Morgan fingerprint density at radius 3 is 2.52 bits per heavy atom. The van der Waals surface area contributed by atoms with Gasteiger partial charge in [0.2, 0.25) is 0 Å². The first kappa shape index (κ1) is 15.3. The van der Waals surface area contributed by atoms with Gasteiger partial charge in [0.15, 0.2) is 0 Å². The van der Waals surface area contributed by atoms with Gasteiger partial charge < -0.3 is 9.64 Å². The van der Waals surface area contributed by atoms with Crippen molar-refractivity contribution in [1.29, 1.82) is 5.26 Å². The molecule has 1 aliphatic heterocycles. The van der Waals surface area contributed by atoms with Crippen molar-refractivity contribution in [1.82, 2.24) is 9.88 Å². The highest BCUT2D eigenvalue weighted by atomic mass is 16.6. The summed E-state index contributed by atoms with van der Waals surface area (Å²) in [5, 5.41) is 8.76. The zero-order valence-corrected chi connectivity index (χ0v) is 12.8. The highest BCUT2D eigenvalue weighted by Crippen LogP contribution is 2.28. The summed E-state index contributed by atoms with van der Waals surface area (Å²) in [4.78, 5) is 17.9. The van der Waals surface area contributed by atoms with Crippen LogP contribution in [0, 0.1) is 11.3 Å². The average Bonchev–Trinajstić information content (AvgIpc) is 2.46. The summed E-state index contributed by atoms with van der Waals surface area (Å²) in [6.07, 6.45) is 3.32. The highest BCUT2D eigenvalue weighted by Gasteiger charge is 2.27. The molecular weight excluding hydrogens is 266 g/mol. The van der Waals surface area contributed by atoms with Gasteiger partial charge in [0, 0.05) is 19.3 Å². The van der Waals surface area contributed by atoms with Gasteiger partial charge >= 0.3 is 6.09 Å². The molecule has 5 nitrogen and oxygen atoms in total. The fourth-order valence-electron chi connectivity index (χ4n) is 2.43. The minimum atomic E-state index is -0.453. The number of nitriles is 1. The van der Waals surface area contributed by atoms with Gasteiger partial charge in [-0.1, -0.05) is 6.07 Å². The summed E-state index contributed by atoms with van der Waals surface area (Å²) in [6, 6.07) is 5.72. The average molecular weight is 287 g/mol. The lowest BCUT2D eigenvalue weighted by Gasteiger charge is -2.33. The number of likely N-dealkylation sites (tertiary alicyclic amines) is 1. The SMILES string of the molecule is CC(C)(C)OC(=O)N1CCC(c2ccc(C#N)nc2)CC1. The van der Waals surface area contributed by atoms with Crippen molar-refractivity contribution in [2.24, 2.45) is 0 Å². The number of hydrogen-bond donors (Lipinski definition) is 0. The maximum Gasteiger partial charge on any atom is 0.410 e. The van der Waals surface area contributed by atoms with Crippen LogP contribution in [-0.2, 0) is 4.74 Å². The summed E-state index contributed by atoms with van der Waals surface area (Å²) in [5.74, 6) is 0.393. The molecule has 1 aromatic heterocycles. The van der Waals surface area contributed by atoms with Gasteiger partial charge in [-0.05, 0) is 51.2 Å². The second kappa shape index (κ2) is 6.13. The molecule has 0 N–H and O–H groups in total. The van der Waals surface area contributed by atoms with E-state index in [2.05, 4.69) is 4.98 Å². The van der Waals surface area contributed by atoms with E-state index in [0.29, 0.717) is 24.7 Å². The number of pyridine rings is 1. The number of rotatable bonds is 1. The molecule has 112 valence electrons. The lowest BCUT2D eigenvalue weighted by atomic mass is 9.90. The quantitative estimate of drug-likeness (QED) is 0.796. The molecule has 1 aliphatic rings. The zero-order chi connectivity index (χ0) is 15.5. The van der Waals surface area contributed by atoms with Gasteiger partial charge in [-0.2, -0.15) is 5.26 Å². The molecule has 1 aromatic rings. The molecule has 1 amide bonds. The first-order valence-electron chi connectivity index (χ1n) is 7.23. The van der Waals surface area contributed by atoms with Gasteiger partial charge in [0.05, 0.1) is 0 Å². The fraction of sp³-hybridized carbons (Fsp3) is 0.562. The molecular formula is C16H21N3O2. The monoisotopic (exact) mass is 287 g/mol. The maximum absolute atomic E-state index is 12.0. The van der Waals surface area contributed by atoms with Crippen LogP contribution in [0.15, 0.2) is 18.3 Å². The lowest BCUT2D eigenvalue weighted by molar-refractivity contribution is 0.0205. The third kappa shape index (κ3) is 4.19. The third-order valence-electron chi connectivity index (χ3n) is 3.52. The maximum atomic E-state index is 12.0. The van der Waals surface area contributed by atoms with E-state index < -0.39 is 5.60 Å². The van der Waals surface area contributed by atoms with Crippen LogP contribution in [0.4, 0.5) is 4.79 Å². The Morgan fingerprint density at radius 2 is 2.05 bits per heavy atom. The molecule has 0 aromatic carbocycles. The van der Waals surface area contributed by atoms with E-state index in [1.807, 2.05) is 32.9 Å². The standard InChI is InChI=1S/C16H21N3O2/c1-16(2,3)21-15(20)19-8-6-12(7-9-19)13-4-5-14(10-17)18-11-13/h4-5,11-12H,6-9H2,1-3H3. The fourth-order valence-corrected chi connectivity index (χ4v) is 2.43. The van der Waals surface area contributed by atoms with Gasteiger partial charge in [0.25, 0.3) is 0 Å². The number of hydrogen-bond acceptors (Lipinski definition) is 4. The van der Waals surface area contributed by atoms with Crippen molar-refractivity contribution < 1.29 is 9.53 Å². The van der Waals surface area contributed by atoms with Crippen LogP contribution in [0.1, 0.15) is 50.8 Å². The van der Waals surface area contributed by atoms with E-state index in [1.165, 1.54) is 0 Å². The number of carbonyl (C=O) groups excluding carboxylic acids is 1. The molecule has 0 atom stereocenters. The molecule has 2 heterocycles. The first-order chi connectivity index (χ1) is 9.89. The Kier molecular flexibility index (Phi) is 4.46. The van der Waals surface area contributed by atoms with Crippen LogP contribution in [-0.4, -0.2) is 34.7 Å². The predicted molar refractivity (Wildman–Crippen MR) is 78.7 cm³/mol. The van der Waals surface area contributed by atoms with Crippen molar-refractivity contribution in [2.45, 2.75) is 45.1 Å². The second-order valence-electron chi connectivity index (χ2n) is 6.33. The summed E-state index contributed by atoms with van der Waals surface area (Å²) >= 11 is 0. The molecule has 5 heteroatoms. The molecule has 0 spiro atoms. The van der Waals surface area contributed by atoms with E-state index in [1.54, 1.807) is 17.2 Å². The molecule has 1 fully saturated rings. The van der Waals surface area contributed by atoms with E-state index in [0.717, 1.165) is 18.4 Å². The summed E-state index contributed by atoms with van der Waals surface area (Å²) < 4.78 is 5.39. The molecule has 1 saturated heterocycles. The number of ether oxygens (including phenoxy) is 1. The summed E-state index contributed by atoms with van der Waals surface area (Å²) in [6.45, 7) is 7.01. The molecule has 0 aliphatic carbocycles. The number of nitrogens with zero attached hydrogens (tertiary/aromatic N) is 3. The van der Waals surface area contributed by atoms with Crippen LogP contribution in [0.5, 0.6) is 0 Å². The topological polar surface area (TPSA) is 66.2 Å². The Labute approximate surface area is 125 Å². The molecule has 0 radical (unpaired) electrons. The van der Waals surface area contributed by atoms with Gasteiger partial charge in [0.1, 0.15) is 17.4 Å². The van der Waals surface area contributed by atoms with Crippen molar-refractivity contribution >= 4 is 6.09 Å².